The van der Waals surface area contributed by atoms with E-state index in [0.29, 0.717) is 58.1 Å². The quantitative estimate of drug-likeness (QED) is 0.0211. The summed E-state index contributed by atoms with van der Waals surface area (Å²) in [6.07, 6.45) is 21.0. The highest BCUT2D eigenvalue weighted by molar-refractivity contribution is 5.93. The van der Waals surface area contributed by atoms with E-state index in [4.69, 9.17) is 28.4 Å². The Labute approximate surface area is 485 Å². The van der Waals surface area contributed by atoms with Gasteiger partial charge in [-0.25, -0.2) is 19.2 Å². The average molecular weight is 1120 g/mol. The molecule has 0 radical (unpaired) electrons. The number of ether oxygens (including phenoxy) is 6. The molecule has 0 aliphatic heterocycles. The van der Waals surface area contributed by atoms with E-state index in [1.165, 1.54) is 38.5 Å². The van der Waals surface area contributed by atoms with Gasteiger partial charge in [0.05, 0.1) is 34.5 Å². The Morgan fingerprint density at radius 2 is 0.537 bits per heavy atom. The van der Waals surface area contributed by atoms with E-state index in [-0.39, 0.29) is 48.9 Å². The first-order valence-corrected chi connectivity index (χ1v) is 29.8. The fraction of sp³-hybridized carbons (Fsp3) is 0.400. The van der Waals surface area contributed by atoms with Crippen LogP contribution in [0.15, 0.2) is 146 Å². The Balaban J connectivity index is 0.772. The summed E-state index contributed by atoms with van der Waals surface area (Å²) < 4.78 is 33.5. The molecule has 12 nitrogen and oxygen atoms in total. The largest absolute Gasteiger partial charge is 0.459 e. The number of carbonyl (C=O) groups is 6. The molecule has 2 unspecified atom stereocenters. The van der Waals surface area contributed by atoms with Gasteiger partial charge in [0.1, 0.15) is 23.0 Å². The molecule has 82 heavy (non-hydrogen) atoms. The van der Waals surface area contributed by atoms with Gasteiger partial charge in [0, 0.05) is 12.8 Å². The van der Waals surface area contributed by atoms with Crippen molar-refractivity contribution in [3.05, 3.63) is 168 Å². The monoisotopic (exact) mass is 1110 g/mol. The predicted octanol–water partition coefficient (Wildman–Crippen LogP) is 17.7. The smallest absolute Gasteiger partial charge is 0.343 e. The van der Waals surface area contributed by atoms with Crippen molar-refractivity contribution >= 4 is 35.8 Å². The van der Waals surface area contributed by atoms with Crippen LogP contribution in [0.5, 0.6) is 23.0 Å². The first-order valence-electron chi connectivity index (χ1n) is 29.8. The zero-order valence-corrected chi connectivity index (χ0v) is 48.5. The maximum Gasteiger partial charge on any atom is 0.343 e. The lowest BCUT2D eigenvalue weighted by molar-refractivity contribution is -0.135. The Morgan fingerprint density at radius 3 is 0.866 bits per heavy atom. The molecule has 0 aliphatic rings. The van der Waals surface area contributed by atoms with Crippen molar-refractivity contribution in [3.8, 4) is 45.3 Å². The van der Waals surface area contributed by atoms with Crippen LogP contribution in [0.3, 0.4) is 0 Å². The number of hydrogen-bond acceptors (Lipinski definition) is 12. The molecule has 0 fully saturated rings. The minimum Gasteiger partial charge on any atom is -0.459 e. The first kappa shape index (κ1) is 63.3. The highest BCUT2D eigenvalue weighted by Crippen LogP contribution is 2.27. The second-order valence-electron chi connectivity index (χ2n) is 21.1. The van der Waals surface area contributed by atoms with Gasteiger partial charge in [0.25, 0.3) is 0 Å². The van der Waals surface area contributed by atoms with Crippen LogP contribution < -0.4 is 18.9 Å². The first-order chi connectivity index (χ1) is 39.9. The van der Waals surface area contributed by atoms with Crippen LogP contribution in [-0.2, 0) is 19.1 Å². The number of esters is 6. The molecule has 0 saturated carbocycles. The molecule has 0 aliphatic carbocycles. The topological polar surface area (TPSA) is 158 Å². The maximum absolute atomic E-state index is 12.9. The van der Waals surface area contributed by atoms with Gasteiger partial charge >= 0.3 is 35.8 Å². The van der Waals surface area contributed by atoms with Crippen molar-refractivity contribution in [2.24, 2.45) is 0 Å². The summed E-state index contributed by atoms with van der Waals surface area (Å²) in [6, 6.07) is 41.4. The number of unbranched alkanes of at least 4 members (excludes halogenated alkanes) is 15. The van der Waals surface area contributed by atoms with E-state index in [0.717, 1.165) is 99.3 Å². The second-order valence-corrected chi connectivity index (χ2v) is 21.1. The molecule has 6 aromatic rings. The minimum atomic E-state index is -0.539. The minimum absolute atomic E-state index is 0.128. The van der Waals surface area contributed by atoms with Crippen LogP contribution in [0.2, 0.25) is 0 Å². The molecule has 2 atom stereocenters. The maximum atomic E-state index is 12.9. The normalized spacial score (nSPS) is 11.7. The lowest BCUT2D eigenvalue weighted by Gasteiger charge is -2.13. The Bertz CT molecular complexity index is 2690. The zero-order chi connectivity index (χ0) is 58.3. The third-order valence-electron chi connectivity index (χ3n) is 14.2. The number of benzene rings is 6. The van der Waals surface area contributed by atoms with Crippen LogP contribution >= 0.6 is 0 Å². The van der Waals surface area contributed by atoms with Crippen molar-refractivity contribution < 1.29 is 57.2 Å². The van der Waals surface area contributed by atoms with Crippen LogP contribution in [-0.4, -0.2) is 48.0 Å². The molecule has 0 aromatic heterocycles. The fourth-order valence-electron chi connectivity index (χ4n) is 9.33. The summed E-state index contributed by atoms with van der Waals surface area (Å²) in [5, 5.41) is 0. The van der Waals surface area contributed by atoms with Crippen molar-refractivity contribution in [2.45, 2.75) is 181 Å². The molecule has 0 saturated heterocycles. The van der Waals surface area contributed by atoms with Crippen LogP contribution in [0, 0.1) is 0 Å². The Hall–Kier alpha value is -7.86. The van der Waals surface area contributed by atoms with Crippen molar-refractivity contribution in [1.82, 2.24) is 0 Å². The SMILES string of the molecule is CCCCCCCC(C)OC(=O)c1ccc(-c2ccc(OC(=O)c3ccc(OC(=O)CCCCCCCCCCC(=O)Oc4ccc(C(=O)Oc5ccc(-c6ccc(C(=O)OC(C)CCCCCCC)cc6)cc5)cc4)cc3)cc2)cc1. The van der Waals surface area contributed by atoms with Crippen molar-refractivity contribution in [2.75, 3.05) is 0 Å². The van der Waals surface area contributed by atoms with Crippen molar-refractivity contribution in [3.63, 3.8) is 0 Å². The van der Waals surface area contributed by atoms with E-state index in [1.807, 2.05) is 62.4 Å². The molecule has 434 valence electrons. The summed E-state index contributed by atoms with van der Waals surface area (Å²) in [5.74, 6) is -0.924. The highest BCUT2D eigenvalue weighted by Gasteiger charge is 2.17. The van der Waals surface area contributed by atoms with Gasteiger partial charge in [0.15, 0.2) is 0 Å². The Kier molecular flexibility index (Phi) is 27.1. The summed E-state index contributed by atoms with van der Waals surface area (Å²) in [7, 11) is 0. The molecule has 6 aromatic carbocycles. The van der Waals surface area contributed by atoms with Crippen molar-refractivity contribution in [1.29, 1.82) is 0 Å². The van der Waals surface area contributed by atoms with Gasteiger partial charge in [-0.3, -0.25) is 9.59 Å². The van der Waals surface area contributed by atoms with Crippen LogP contribution in [0.25, 0.3) is 22.3 Å². The molecule has 0 bridgehead atoms. The standard InChI is InChI=1S/C70H82O12/c1-5-7-9-15-19-23-51(3)77-67(73)57-31-27-53(28-32-57)55-35-43-63(44-36-55)81-69(75)59-39-47-61(48-40-59)79-65(71)25-21-17-13-11-12-14-18-22-26-66(72)80-62-49-41-60(42-50-62)70(76)82-64-45-37-56(38-46-64)54-29-33-58(34-30-54)68(74)78-52(4)24-20-16-10-8-6-2/h27-52H,5-26H2,1-4H3. The van der Waals surface area contributed by atoms with E-state index in [1.54, 1.807) is 97.1 Å². The predicted molar refractivity (Wildman–Crippen MR) is 321 cm³/mol. The second kappa shape index (κ2) is 35.1. The number of carbonyl (C=O) groups excluding carboxylic acids is 6. The number of rotatable bonds is 35. The Morgan fingerprint density at radius 1 is 0.293 bits per heavy atom. The van der Waals surface area contributed by atoms with E-state index < -0.39 is 11.9 Å². The molecule has 0 heterocycles. The molecular weight excluding hydrogens is 1030 g/mol. The fourth-order valence-corrected chi connectivity index (χ4v) is 9.33. The van der Waals surface area contributed by atoms with Gasteiger partial charge in [-0.1, -0.05) is 152 Å². The lowest BCUT2D eigenvalue weighted by Crippen LogP contribution is -2.15. The summed E-state index contributed by atoms with van der Waals surface area (Å²) >= 11 is 0. The lowest BCUT2D eigenvalue weighted by atomic mass is 10.0. The van der Waals surface area contributed by atoms with Gasteiger partial charge in [-0.15, -0.1) is 0 Å². The zero-order valence-electron chi connectivity index (χ0n) is 48.5. The molecule has 0 spiro atoms. The van der Waals surface area contributed by atoms with E-state index in [2.05, 4.69) is 13.8 Å². The van der Waals surface area contributed by atoms with Gasteiger partial charge in [-0.2, -0.15) is 0 Å². The van der Waals surface area contributed by atoms with E-state index >= 15 is 0 Å². The molecule has 0 N–H and O–H groups in total. The number of hydrogen-bond donors (Lipinski definition) is 0. The summed E-state index contributed by atoms with van der Waals surface area (Å²) in [5.41, 5.74) is 5.26. The average Bonchev–Trinajstić information content (AvgIpc) is 3.49. The molecule has 12 heteroatoms. The summed E-state index contributed by atoms with van der Waals surface area (Å²) in [6.45, 7) is 8.27. The third-order valence-corrected chi connectivity index (χ3v) is 14.2. The molecular formula is C70H82O12. The van der Waals surface area contributed by atoms with Gasteiger partial charge in [0.2, 0.25) is 0 Å². The van der Waals surface area contributed by atoms with Crippen LogP contribution in [0.1, 0.15) is 210 Å². The van der Waals surface area contributed by atoms with E-state index in [9.17, 15) is 28.8 Å². The summed E-state index contributed by atoms with van der Waals surface area (Å²) in [4.78, 5) is 76.2. The van der Waals surface area contributed by atoms with Crippen LogP contribution in [0.4, 0.5) is 0 Å². The molecule has 6 rings (SSSR count). The van der Waals surface area contributed by atoms with Gasteiger partial charge in [-0.05, 0) is 172 Å². The van der Waals surface area contributed by atoms with Gasteiger partial charge < -0.3 is 28.4 Å². The molecule has 0 amide bonds. The highest BCUT2D eigenvalue weighted by atomic mass is 16.6. The third kappa shape index (κ3) is 22.6.